The van der Waals surface area contributed by atoms with Gasteiger partial charge in [-0.25, -0.2) is 4.98 Å². The highest BCUT2D eigenvalue weighted by Crippen LogP contribution is 2.19. The van der Waals surface area contributed by atoms with Crippen molar-refractivity contribution < 1.29 is 9.53 Å². The van der Waals surface area contributed by atoms with Gasteiger partial charge in [-0.2, -0.15) is 0 Å². The van der Waals surface area contributed by atoms with Gasteiger partial charge in [0.15, 0.2) is 0 Å². The summed E-state index contributed by atoms with van der Waals surface area (Å²) in [7, 11) is 1.60. The number of amides is 1. The largest absolute Gasteiger partial charge is 0.496 e. The van der Waals surface area contributed by atoms with Crippen LogP contribution in [0, 0.1) is 6.92 Å². The van der Waals surface area contributed by atoms with Gasteiger partial charge in [0.2, 0.25) is 5.91 Å². The van der Waals surface area contributed by atoms with E-state index in [0.717, 1.165) is 17.0 Å². The molecule has 0 aliphatic carbocycles. The molecule has 0 bridgehead atoms. The zero-order valence-electron chi connectivity index (χ0n) is 14.0. The SMILES string of the molecule is COc1ccccc1CC(=O)N1CCc2nc(C)[nH]c(=O)c2CC1. The number of hydrogen-bond donors (Lipinski definition) is 1. The van der Waals surface area contributed by atoms with Gasteiger partial charge >= 0.3 is 0 Å². The fourth-order valence-corrected chi connectivity index (χ4v) is 3.11. The summed E-state index contributed by atoms with van der Waals surface area (Å²) in [4.78, 5) is 33.7. The zero-order chi connectivity index (χ0) is 17.1. The molecule has 2 heterocycles. The minimum atomic E-state index is -0.0865. The zero-order valence-corrected chi connectivity index (χ0v) is 14.0. The van der Waals surface area contributed by atoms with Gasteiger partial charge in [-0.1, -0.05) is 18.2 Å². The minimum absolute atomic E-state index is 0.0421. The summed E-state index contributed by atoms with van der Waals surface area (Å²) in [5, 5.41) is 0. The Balaban J connectivity index is 1.74. The maximum Gasteiger partial charge on any atom is 0.254 e. The summed E-state index contributed by atoms with van der Waals surface area (Å²) in [6, 6.07) is 7.54. The number of ether oxygens (including phenoxy) is 1. The van der Waals surface area contributed by atoms with Crippen molar-refractivity contribution in [1.82, 2.24) is 14.9 Å². The lowest BCUT2D eigenvalue weighted by Gasteiger charge is -2.20. The number of nitrogens with zero attached hydrogens (tertiary/aromatic N) is 2. The molecule has 0 saturated carbocycles. The van der Waals surface area contributed by atoms with Crippen LogP contribution in [0.5, 0.6) is 5.75 Å². The van der Waals surface area contributed by atoms with Crippen LogP contribution in [0.3, 0.4) is 0 Å². The highest BCUT2D eigenvalue weighted by atomic mass is 16.5. The van der Waals surface area contributed by atoms with Gasteiger partial charge in [-0.15, -0.1) is 0 Å². The van der Waals surface area contributed by atoms with Gasteiger partial charge in [0.25, 0.3) is 5.56 Å². The summed E-state index contributed by atoms with van der Waals surface area (Å²) in [5.41, 5.74) is 2.30. The Bertz CT molecular complexity index is 813. The first-order valence-electron chi connectivity index (χ1n) is 8.07. The van der Waals surface area contributed by atoms with Crippen molar-refractivity contribution in [3.63, 3.8) is 0 Å². The van der Waals surface area contributed by atoms with Gasteiger partial charge in [-0.3, -0.25) is 9.59 Å². The van der Waals surface area contributed by atoms with E-state index in [1.165, 1.54) is 0 Å². The van der Waals surface area contributed by atoms with E-state index in [0.29, 0.717) is 43.7 Å². The van der Waals surface area contributed by atoms with Gasteiger partial charge in [0, 0.05) is 30.6 Å². The number of nitrogens with one attached hydrogen (secondary N) is 1. The third kappa shape index (κ3) is 3.32. The second-order valence-electron chi connectivity index (χ2n) is 5.95. The van der Waals surface area contributed by atoms with Crippen LogP contribution in [-0.2, 0) is 24.1 Å². The monoisotopic (exact) mass is 327 g/mol. The number of carbonyl (C=O) groups excluding carboxylic acids is 1. The Morgan fingerprint density at radius 3 is 2.83 bits per heavy atom. The first kappa shape index (κ1) is 16.2. The summed E-state index contributed by atoms with van der Waals surface area (Å²) in [5.74, 6) is 1.38. The lowest BCUT2D eigenvalue weighted by Crippen LogP contribution is -2.34. The second-order valence-corrected chi connectivity index (χ2v) is 5.95. The fraction of sp³-hybridized carbons (Fsp3) is 0.389. The smallest absolute Gasteiger partial charge is 0.254 e. The van der Waals surface area contributed by atoms with Gasteiger partial charge in [0.1, 0.15) is 11.6 Å². The number of H-pyrrole nitrogens is 1. The standard InChI is InChI=1S/C18H21N3O3/c1-12-19-15-8-10-21(9-7-14(15)18(23)20-12)17(22)11-13-5-3-4-6-16(13)24-2/h3-6H,7-11H2,1-2H3,(H,19,20,23). The topological polar surface area (TPSA) is 75.3 Å². The van der Waals surface area contributed by atoms with E-state index >= 15 is 0 Å². The molecule has 0 atom stereocenters. The summed E-state index contributed by atoms with van der Waals surface area (Å²) in [6.45, 7) is 2.89. The van der Waals surface area contributed by atoms with Crippen molar-refractivity contribution in [3.05, 3.63) is 57.3 Å². The van der Waals surface area contributed by atoms with Crippen LogP contribution in [0.15, 0.2) is 29.1 Å². The average Bonchev–Trinajstić information content (AvgIpc) is 2.78. The molecule has 0 fully saturated rings. The normalized spacial score (nSPS) is 14.0. The molecule has 0 saturated heterocycles. The van der Waals surface area contributed by atoms with Crippen LogP contribution >= 0.6 is 0 Å². The van der Waals surface area contributed by atoms with E-state index in [1.54, 1.807) is 14.0 Å². The van der Waals surface area contributed by atoms with Crippen LogP contribution in [0.2, 0.25) is 0 Å². The third-order valence-corrected chi connectivity index (χ3v) is 4.36. The fourth-order valence-electron chi connectivity index (χ4n) is 3.11. The highest BCUT2D eigenvalue weighted by Gasteiger charge is 2.22. The van der Waals surface area contributed by atoms with Gasteiger partial charge < -0.3 is 14.6 Å². The number of methoxy groups -OCH3 is 1. The summed E-state index contributed by atoms with van der Waals surface area (Å²) >= 11 is 0. The molecule has 1 aromatic heterocycles. The Hall–Kier alpha value is -2.63. The van der Waals surface area contributed by atoms with Crippen molar-refractivity contribution in [2.45, 2.75) is 26.2 Å². The van der Waals surface area contributed by atoms with E-state index in [-0.39, 0.29) is 11.5 Å². The Morgan fingerprint density at radius 1 is 1.29 bits per heavy atom. The first-order valence-corrected chi connectivity index (χ1v) is 8.07. The molecule has 0 spiro atoms. The van der Waals surface area contributed by atoms with E-state index in [1.807, 2.05) is 29.2 Å². The highest BCUT2D eigenvalue weighted by molar-refractivity contribution is 5.79. The number of aromatic nitrogens is 2. The summed E-state index contributed by atoms with van der Waals surface area (Å²) in [6.07, 6.45) is 1.44. The van der Waals surface area contributed by atoms with Crippen molar-refractivity contribution >= 4 is 5.91 Å². The molecule has 1 amide bonds. The molecule has 0 radical (unpaired) electrons. The molecule has 1 aliphatic heterocycles. The average molecular weight is 327 g/mol. The second kappa shape index (κ2) is 6.86. The van der Waals surface area contributed by atoms with Crippen molar-refractivity contribution in [3.8, 4) is 5.75 Å². The minimum Gasteiger partial charge on any atom is -0.496 e. The summed E-state index contributed by atoms with van der Waals surface area (Å²) < 4.78 is 5.31. The molecule has 6 heteroatoms. The first-order chi connectivity index (χ1) is 11.6. The maximum atomic E-state index is 12.7. The van der Waals surface area contributed by atoms with E-state index in [9.17, 15) is 9.59 Å². The van der Waals surface area contributed by atoms with Crippen LogP contribution < -0.4 is 10.3 Å². The third-order valence-electron chi connectivity index (χ3n) is 4.36. The molecule has 1 aliphatic rings. The molecule has 0 unspecified atom stereocenters. The number of carbonyl (C=O) groups is 1. The van der Waals surface area contributed by atoms with Gasteiger partial charge in [0.05, 0.1) is 19.2 Å². The van der Waals surface area contributed by atoms with Crippen LogP contribution in [-0.4, -0.2) is 41.0 Å². The van der Waals surface area contributed by atoms with Crippen molar-refractivity contribution in [2.24, 2.45) is 0 Å². The molecule has 126 valence electrons. The number of hydrogen-bond acceptors (Lipinski definition) is 4. The number of para-hydroxylation sites is 1. The predicted molar refractivity (Wildman–Crippen MR) is 90.3 cm³/mol. The van der Waals surface area contributed by atoms with Crippen molar-refractivity contribution in [1.29, 1.82) is 0 Å². The van der Waals surface area contributed by atoms with Crippen LogP contribution in [0.1, 0.15) is 22.6 Å². The molecule has 3 rings (SSSR count). The maximum absolute atomic E-state index is 12.7. The Labute approximate surface area is 140 Å². The predicted octanol–water partition coefficient (Wildman–Crippen LogP) is 1.26. The Morgan fingerprint density at radius 2 is 2.04 bits per heavy atom. The lowest BCUT2D eigenvalue weighted by atomic mass is 10.1. The van der Waals surface area contributed by atoms with E-state index in [2.05, 4.69) is 9.97 Å². The van der Waals surface area contributed by atoms with E-state index in [4.69, 9.17) is 4.74 Å². The van der Waals surface area contributed by atoms with Crippen LogP contribution in [0.25, 0.3) is 0 Å². The number of fused-ring (bicyclic) bond motifs is 1. The lowest BCUT2D eigenvalue weighted by molar-refractivity contribution is -0.130. The van der Waals surface area contributed by atoms with Gasteiger partial charge in [-0.05, 0) is 19.4 Å². The van der Waals surface area contributed by atoms with Crippen LogP contribution in [0.4, 0.5) is 0 Å². The molecule has 24 heavy (non-hydrogen) atoms. The molecule has 6 nitrogen and oxygen atoms in total. The number of aromatic amines is 1. The molecule has 1 aromatic carbocycles. The molecule has 1 N–H and O–H groups in total. The number of benzene rings is 1. The molecular weight excluding hydrogens is 306 g/mol. The van der Waals surface area contributed by atoms with Crippen molar-refractivity contribution in [2.75, 3.05) is 20.2 Å². The number of rotatable bonds is 3. The quantitative estimate of drug-likeness (QED) is 0.921. The molecular formula is C18H21N3O3. The number of aryl methyl sites for hydroxylation is 1. The molecule has 2 aromatic rings. The Kier molecular flexibility index (Phi) is 4.64. The van der Waals surface area contributed by atoms with E-state index < -0.39 is 0 Å².